The van der Waals surface area contributed by atoms with Crippen molar-refractivity contribution < 1.29 is 9.47 Å². The zero-order valence-corrected chi connectivity index (χ0v) is 15.4. The number of hydrogen-bond donors (Lipinski definition) is 1. The maximum atomic E-state index is 5.95. The summed E-state index contributed by atoms with van der Waals surface area (Å²) in [4.78, 5) is 12.7. The molecular formula is C17H25N5O2S. The van der Waals surface area contributed by atoms with E-state index in [4.69, 9.17) is 14.5 Å². The first kappa shape index (κ1) is 16.8. The van der Waals surface area contributed by atoms with Crippen molar-refractivity contribution in [1.82, 2.24) is 19.6 Å². The second kappa shape index (κ2) is 7.72. The van der Waals surface area contributed by atoms with E-state index in [1.165, 1.54) is 0 Å². The van der Waals surface area contributed by atoms with Crippen LogP contribution in [0.2, 0.25) is 0 Å². The SMILES string of the molecule is CCNC(=NCc1cn2ccsc2n1)N1CCOC(C2CCCO2)C1. The zero-order valence-electron chi connectivity index (χ0n) is 14.6. The van der Waals surface area contributed by atoms with Gasteiger partial charge in [-0.3, -0.25) is 4.40 Å². The van der Waals surface area contributed by atoms with Crippen LogP contribution in [0.15, 0.2) is 22.8 Å². The van der Waals surface area contributed by atoms with Crippen LogP contribution in [0.3, 0.4) is 0 Å². The maximum absolute atomic E-state index is 5.95. The lowest BCUT2D eigenvalue weighted by atomic mass is 10.1. The summed E-state index contributed by atoms with van der Waals surface area (Å²) in [5, 5.41) is 5.45. The van der Waals surface area contributed by atoms with E-state index in [9.17, 15) is 0 Å². The molecule has 2 aromatic rings. The van der Waals surface area contributed by atoms with Gasteiger partial charge in [-0.2, -0.15) is 0 Å². The molecule has 0 aromatic carbocycles. The van der Waals surface area contributed by atoms with Gasteiger partial charge in [0.05, 0.1) is 24.9 Å². The van der Waals surface area contributed by atoms with Crippen molar-refractivity contribution in [3.63, 3.8) is 0 Å². The van der Waals surface area contributed by atoms with Gasteiger partial charge in [-0.15, -0.1) is 11.3 Å². The van der Waals surface area contributed by atoms with E-state index in [1.54, 1.807) is 11.3 Å². The first-order valence-corrected chi connectivity index (χ1v) is 9.89. The predicted molar refractivity (Wildman–Crippen MR) is 98.2 cm³/mol. The van der Waals surface area contributed by atoms with Crippen LogP contribution in [0.25, 0.3) is 4.96 Å². The standard InChI is InChI=1S/C17H25N5O2S/c1-2-18-16(19-10-13-11-22-6-9-25-17(22)20-13)21-5-8-24-15(12-21)14-4-3-7-23-14/h6,9,11,14-15H,2-5,7-8,10,12H2,1H3,(H,18,19). The fourth-order valence-corrected chi connectivity index (χ4v) is 4.14. The highest BCUT2D eigenvalue weighted by Crippen LogP contribution is 2.21. The summed E-state index contributed by atoms with van der Waals surface area (Å²) in [6, 6.07) is 0. The fourth-order valence-electron chi connectivity index (χ4n) is 3.42. The number of rotatable bonds is 4. The van der Waals surface area contributed by atoms with E-state index in [-0.39, 0.29) is 12.2 Å². The Balaban J connectivity index is 1.44. The molecule has 2 aromatic heterocycles. The highest BCUT2D eigenvalue weighted by Gasteiger charge is 2.32. The molecule has 4 heterocycles. The number of imidazole rings is 1. The Kier molecular flexibility index (Phi) is 5.19. The van der Waals surface area contributed by atoms with Gasteiger partial charge in [0.1, 0.15) is 6.10 Å². The summed E-state index contributed by atoms with van der Waals surface area (Å²) >= 11 is 1.64. The second-order valence-electron chi connectivity index (χ2n) is 6.40. The molecule has 2 aliphatic heterocycles. The summed E-state index contributed by atoms with van der Waals surface area (Å²) in [7, 11) is 0. The van der Waals surface area contributed by atoms with Crippen LogP contribution in [0, 0.1) is 0 Å². The Morgan fingerprint density at radius 1 is 1.40 bits per heavy atom. The average Bonchev–Trinajstić information content (AvgIpc) is 3.35. The number of thiazole rings is 1. The molecule has 2 aliphatic rings. The summed E-state index contributed by atoms with van der Waals surface area (Å²) in [6.07, 6.45) is 6.67. The molecule has 0 aliphatic carbocycles. The smallest absolute Gasteiger partial charge is 0.194 e. The average molecular weight is 363 g/mol. The lowest BCUT2D eigenvalue weighted by Crippen LogP contribution is -2.53. The first-order chi connectivity index (χ1) is 12.3. The molecule has 4 rings (SSSR count). The van der Waals surface area contributed by atoms with Crippen LogP contribution >= 0.6 is 11.3 Å². The summed E-state index contributed by atoms with van der Waals surface area (Å²) in [6.45, 7) is 6.78. The lowest BCUT2D eigenvalue weighted by molar-refractivity contribution is -0.0817. The number of morpholine rings is 1. The highest BCUT2D eigenvalue weighted by molar-refractivity contribution is 7.15. The largest absolute Gasteiger partial charge is 0.375 e. The molecular weight excluding hydrogens is 338 g/mol. The Labute approximate surface area is 151 Å². The van der Waals surface area contributed by atoms with Gasteiger partial charge in [-0.05, 0) is 19.8 Å². The van der Waals surface area contributed by atoms with Gasteiger partial charge < -0.3 is 19.7 Å². The van der Waals surface area contributed by atoms with Crippen molar-refractivity contribution >= 4 is 22.3 Å². The number of nitrogens with one attached hydrogen (secondary N) is 1. The highest BCUT2D eigenvalue weighted by atomic mass is 32.1. The molecule has 2 fully saturated rings. The fraction of sp³-hybridized carbons (Fsp3) is 0.647. The lowest BCUT2D eigenvalue weighted by Gasteiger charge is -2.37. The number of nitrogens with zero attached hydrogens (tertiary/aromatic N) is 4. The molecule has 8 heteroatoms. The van der Waals surface area contributed by atoms with Gasteiger partial charge in [0.15, 0.2) is 10.9 Å². The number of hydrogen-bond acceptors (Lipinski definition) is 5. The van der Waals surface area contributed by atoms with Gasteiger partial charge in [0, 0.05) is 44.0 Å². The van der Waals surface area contributed by atoms with Gasteiger partial charge in [0.25, 0.3) is 0 Å². The number of fused-ring (bicyclic) bond motifs is 1. The molecule has 2 atom stereocenters. The topological polar surface area (TPSA) is 63.4 Å². The van der Waals surface area contributed by atoms with Crippen LogP contribution < -0.4 is 5.32 Å². The minimum absolute atomic E-state index is 0.137. The van der Waals surface area contributed by atoms with Crippen molar-refractivity contribution in [3.05, 3.63) is 23.5 Å². The second-order valence-corrected chi connectivity index (χ2v) is 7.27. The number of aliphatic imine (C=N–C) groups is 1. The molecule has 2 saturated heterocycles. The summed E-state index contributed by atoms with van der Waals surface area (Å²) in [5.74, 6) is 0.935. The normalized spacial score (nSPS) is 25.0. The van der Waals surface area contributed by atoms with Gasteiger partial charge in [-0.25, -0.2) is 9.98 Å². The summed E-state index contributed by atoms with van der Waals surface area (Å²) < 4.78 is 13.8. The molecule has 0 bridgehead atoms. The van der Waals surface area contributed by atoms with Gasteiger partial charge in [-0.1, -0.05) is 0 Å². The minimum atomic E-state index is 0.137. The van der Waals surface area contributed by atoms with E-state index in [0.717, 1.165) is 62.3 Å². The monoisotopic (exact) mass is 363 g/mol. The molecule has 7 nitrogen and oxygen atoms in total. The van der Waals surface area contributed by atoms with Crippen LogP contribution in [-0.4, -0.2) is 65.3 Å². The Hall–Kier alpha value is -1.64. The van der Waals surface area contributed by atoms with Crippen molar-refractivity contribution in [2.75, 3.05) is 32.8 Å². The number of ether oxygens (including phenoxy) is 2. The molecule has 0 saturated carbocycles. The third-order valence-electron chi connectivity index (χ3n) is 4.64. The molecule has 0 amide bonds. The third-order valence-corrected chi connectivity index (χ3v) is 5.41. The van der Waals surface area contributed by atoms with E-state index < -0.39 is 0 Å². The van der Waals surface area contributed by atoms with E-state index in [1.807, 2.05) is 22.2 Å². The Morgan fingerprint density at radius 3 is 3.12 bits per heavy atom. The Bertz CT molecular complexity index is 693. The molecule has 0 spiro atoms. The first-order valence-electron chi connectivity index (χ1n) is 9.01. The molecule has 0 radical (unpaired) electrons. The molecule has 2 unspecified atom stereocenters. The van der Waals surface area contributed by atoms with E-state index in [2.05, 4.69) is 22.1 Å². The quantitative estimate of drug-likeness (QED) is 0.662. The van der Waals surface area contributed by atoms with E-state index >= 15 is 0 Å². The third kappa shape index (κ3) is 3.80. The van der Waals surface area contributed by atoms with Crippen molar-refractivity contribution in [1.29, 1.82) is 0 Å². The van der Waals surface area contributed by atoms with Crippen LogP contribution in [0.5, 0.6) is 0 Å². The molecule has 25 heavy (non-hydrogen) atoms. The van der Waals surface area contributed by atoms with Crippen LogP contribution in [0.1, 0.15) is 25.5 Å². The summed E-state index contributed by atoms with van der Waals surface area (Å²) in [5.41, 5.74) is 0.992. The van der Waals surface area contributed by atoms with Crippen molar-refractivity contribution in [2.45, 2.75) is 38.5 Å². The van der Waals surface area contributed by atoms with Gasteiger partial charge in [0.2, 0.25) is 0 Å². The molecule has 136 valence electrons. The molecule has 1 N–H and O–H groups in total. The van der Waals surface area contributed by atoms with Gasteiger partial charge >= 0.3 is 0 Å². The predicted octanol–water partition coefficient (Wildman–Crippen LogP) is 1.74. The van der Waals surface area contributed by atoms with Crippen LogP contribution in [-0.2, 0) is 16.0 Å². The number of aromatic nitrogens is 2. The minimum Gasteiger partial charge on any atom is -0.375 e. The maximum Gasteiger partial charge on any atom is 0.194 e. The van der Waals surface area contributed by atoms with Crippen molar-refractivity contribution in [2.24, 2.45) is 4.99 Å². The van der Waals surface area contributed by atoms with Crippen molar-refractivity contribution in [3.8, 4) is 0 Å². The number of guanidine groups is 1. The van der Waals surface area contributed by atoms with E-state index in [0.29, 0.717) is 6.54 Å². The Morgan fingerprint density at radius 2 is 2.32 bits per heavy atom. The zero-order chi connectivity index (χ0) is 17.1. The van der Waals surface area contributed by atoms with Crippen LogP contribution in [0.4, 0.5) is 0 Å².